The molecule has 4 nitrogen and oxygen atoms in total. The summed E-state index contributed by atoms with van der Waals surface area (Å²) in [5.41, 5.74) is -3.86. The van der Waals surface area contributed by atoms with Crippen molar-refractivity contribution in [3.63, 3.8) is 0 Å². The summed E-state index contributed by atoms with van der Waals surface area (Å²) in [5.74, 6) is 0.658. The molecule has 128 valence electrons. The van der Waals surface area contributed by atoms with E-state index in [1.165, 1.54) is 37.4 Å². The van der Waals surface area contributed by atoms with Crippen molar-refractivity contribution < 1.29 is 22.7 Å². The van der Waals surface area contributed by atoms with E-state index in [1.54, 1.807) is 12.1 Å². The molecule has 0 unspecified atom stereocenters. The minimum Gasteiger partial charge on any atom is -0.456 e. The van der Waals surface area contributed by atoms with Crippen LogP contribution in [0.5, 0.6) is 11.5 Å². The van der Waals surface area contributed by atoms with Gasteiger partial charge in [-0.15, -0.1) is 0 Å². The normalized spacial score (nSPS) is 11.0. The number of hydrogen-bond acceptors (Lipinski definition) is 3. The third-order valence-corrected chi connectivity index (χ3v) is 3.74. The van der Waals surface area contributed by atoms with E-state index in [2.05, 4.69) is 10.6 Å². The Morgan fingerprint density at radius 3 is 2.38 bits per heavy atom. The van der Waals surface area contributed by atoms with Crippen molar-refractivity contribution in [1.82, 2.24) is 5.32 Å². The summed E-state index contributed by atoms with van der Waals surface area (Å²) in [7, 11) is 1.48. The predicted octanol–water partition coefficient (Wildman–Crippen LogP) is 5.50. The van der Waals surface area contributed by atoms with Crippen molar-refractivity contribution >= 4 is 35.1 Å². The van der Waals surface area contributed by atoms with Crippen molar-refractivity contribution in [2.24, 2.45) is 0 Å². The molecule has 9 heteroatoms. The maximum atomic E-state index is 12.3. The number of benzene rings is 2. The molecule has 0 saturated carbocycles. The smallest absolute Gasteiger partial charge is 0.446 e. The van der Waals surface area contributed by atoms with E-state index in [9.17, 15) is 18.0 Å². The first-order chi connectivity index (χ1) is 11.3. The van der Waals surface area contributed by atoms with Gasteiger partial charge in [-0.2, -0.15) is 13.2 Å². The highest BCUT2D eigenvalue weighted by atomic mass is 35.5. The molecule has 0 heterocycles. The van der Waals surface area contributed by atoms with Gasteiger partial charge in [0.2, 0.25) is 0 Å². The van der Waals surface area contributed by atoms with E-state index in [1.807, 2.05) is 0 Å². The number of ether oxygens (including phenoxy) is 1. The highest BCUT2D eigenvalue weighted by Gasteiger charge is 2.29. The number of thioether (sulfide) groups is 1. The lowest BCUT2D eigenvalue weighted by Gasteiger charge is -2.11. The van der Waals surface area contributed by atoms with Gasteiger partial charge in [0.25, 0.3) is 0 Å². The van der Waals surface area contributed by atoms with Gasteiger partial charge in [-0.1, -0.05) is 11.6 Å². The van der Waals surface area contributed by atoms with Crippen LogP contribution >= 0.6 is 23.4 Å². The van der Waals surface area contributed by atoms with E-state index < -0.39 is 11.5 Å². The molecule has 0 atom stereocenters. The first kappa shape index (κ1) is 18.3. The van der Waals surface area contributed by atoms with Gasteiger partial charge < -0.3 is 15.4 Å². The lowest BCUT2D eigenvalue weighted by molar-refractivity contribution is -0.0328. The number of urea groups is 1. The SMILES string of the molecule is CNC(=O)Nc1ccc(Oc2ccc(SC(F)(F)F)cc2)c(Cl)c1. The van der Waals surface area contributed by atoms with Gasteiger partial charge in [0, 0.05) is 17.6 Å². The lowest BCUT2D eigenvalue weighted by Crippen LogP contribution is -2.24. The van der Waals surface area contributed by atoms with Gasteiger partial charge in [-0.3, -0.25) is 0 Å². The Hall–Kier alpha value is -2.06. The van der Waals surface area contributed by atoms with Crippen LogP contribution in [-0.2, 0) is 0 Å². The van der Waals surface area contributed by atoms with E-state index >= 15 is 0 Å². The Bertz CT molecular complexity index is 724. The molecule has 0 radical (unpaired) electrons. The van der Waals surface area contributed by atoms with Crippen molar-refractivity contribution in [3.8, 4) is 11.5 Å². The van der Waals surface area contributed by atoms with E-state index in [0.717, 1.165) is 0 Å². The molecule has 0 aliphatic carbocycles. The molecule has 2 amide bonds. The number of hydrogen-bond donors (Lipinski definition) is 2. The quantitative estimate of drug-likeness (QED) is 0.693. The molecule has 0 aliphatic heterocycles. The number of nitrogens with one attached hydrogen (secondary N) is 2. The van der Waals surface area contributed by atoms with Crippen LogP contribution in [0, 0.1) is 0 Å². The number of alkyl halides is 3. The maximum absolute atomic E-state index is 12.3. The van der Waals surface area contributed by atoms with Gasteiger partial charge in [0.05, 0.1) is 5.02 Å². The molecule has 0 aliphatic rings. The summed E-state index contributed by atoms with van der Waals surface area (Å²) < 4.78 is 42.4. The Kier molecular flexibility index (Phi) is 5.84. The van der Waals surface area contributed by atoms with Gasteiger partial charge in [-0.05, 0) is 54.2 Å². The number of rotatable bonds is 4. The van der Waals surface area contributed by atoms with E-state index in [0.29, 0.717) is 17.2 Å². The van der Waals surface area contributed by atoms with Crippen LogP contribution in [-0.4, -0.2) is 18.6 Å². The number of amides is 2. The van der Waals surface area contributed by atoms with Crippen LogP contribution in [0.15, 0.2) is 47.4 Å². The fourth-order valence-corrected chi connectivity index (χ4v) is 2.45. The summed E-state index contributed by atoms with van der Waals surface area (Å²) in [4.78, 5) is 11.3. The van der Waals surface area contributed by atoms with Crippen LogP contribution in [0.2, 0.25) is 5.02 Å². The molecule has 2 N–H and O–H groups in total. The molecule has 0 aromatic heterocycles. The minimum atomic E-state index is -4.33. The van der Waals surface area contributed by atoms with Crippen LogP contribution in [0.1, 0.15) is 0 Å². The van der Waals surface area contributed by atoms with Crippen molar-refractivity contribution in [2.75, 3.05) is 12.4 Å². The maximum Gasteiger partial charge on any atom is 0.446 e. The second kappa shape index (κ2) is 7.67. The zero-order valence-corrected chi connectivity index (χ0v) is 13.9. The molecule has 24 heavy (non-hydrogen) atoms. The predicted molar refractivity (Wildman–Crippen MR) is 88.0 cm³/mol. The Morgan fingerprint density at radius 1 is 1.17 bits per heavy atom. The molecule has 2 aromatic rings. The number of halogens is 4. The number of anilines is 1. The largest absolute Gasteiger partial charge is 0.456 e. The first-order valence-electron chi connectivity index (χ1n) is 6.59. The Labute approximate surface area is 145 Å². The summed E-state index contributed by atoms with van der Waals surface area (Å²) >= 11 is 5.88. The van der Waals surface area contributed by atoms with E-state index in [4.69, 9.17) is 16.3 Å². The van der Waals surface area contributed by atoms with E-state index in [-0.39, 0.29) is 21.7 Å². The van der Waals surface area contributed by atoms with Crippen molar-refractivity contribution in [2.45, 2.75) is 10.4 Å². The Balaban J connectivity index is 2.06. The average Bonchev–Trinajstić information content (AvgIpc) is 2.50. The molecule has 0 fully saturated rings. The molecular weight excluding hydrogens is 365 g/mol. The monoisotopic (exact) mass is 376 g/mol. The summed E-state index contributed by atoms with van der Waals surface area (Å²) in [6.45, 7) is 0. The van der Waals surface area contributed by atoms with Gasteiger partial charge in [-0.25, -0.2) is 4.79 Å². The zero-order valence-electron chi connectivity index (χ0n) is 12.3. The van der Waals surface area contributed by atoms with Crippen molar-refractivity contribution in [1.29, 1.82) is 0 Å². The highest BCUT2D eigenvalue weighted by Crippen LogP contribution is 2.38. The lowest BCUT2D eigenvalue weighted by atomic mass is 10.3. The molecule has 2 rings (SSSR count). The fraction of sp³-hybridized carbons (Fsp3) is 0.133. The molecule has 0 saturated heterocycles. The first-order valence-corrected chi connectivity index (χ1v) is 7.78. The summed E-state index contributed by atoms with van der Waals surface area (Å²) in [6.07, 6.45) is 0. The minimum absolute atomic E-state index is 0.0612. The Morgan fingerprint density at radius 2 is 1.83 bits per heavy atom. The average molecular weight is 377 g/mol. The van der Waals surface area contributed by atoms with Crippen LogP contribution < -0.4 is 15.4 Å². The molecular formula is C15H12ClF3N2O2S. The second-order valence-corrected chi connectivity index (χ2v) is 6.02. The van der Waals surface area contributed by atoms with Gasteiger partial charge in [0.15, 0.2) is 0 Å². The zero-order chi connectivity index (χ0) is 17.7. The third kappa shape index (κ3) is 5.54. The van der Waals surface area contributed by atoms with Crippen molar-refractivity contribution in [3.05, 3.63) is 47.5 Å². The fourth-order valence-electron chi connectivity index (χ4n) is 1.69. The van der Waals surface area contributed by atoms with Gasteiger partial charge >= 0.3 is 11.5 Å². The number of carbonyl (C=O) groups excluding carboxylic acids is 1. The van der Waals surface area contributed by atoms with Crippen LogP contribution in [0.4, 0.5) is 23.7 Å². The highest BCUT2D eigenvalue weighted by molar-refractivity contribution is 8.00. The second-order valence-electron chi connectivity index (χ2n) is 4.47. The van der Waals surface area contributed by atoms with Gasteiger partial charge in [0.1, 0.15) is 11.5 Å². The summed E-state index contributed by atoms with van der Waals surface area (Å²) in [6, 6.07) is 9.70. The molecule has 0 bridgehead atoms. The van der Waals surface area contributed by atoms with Crippen LogP contribution in [0.25, 0.3) is 0 Å². The number of carbonyl (C=O) groups is 1. The van der Waals surface area contributed by atoms with Crippen LogP contribution in [0.3, 0.4) is 0 Å². The topological polar surface area (TPSA) is 50.4 Å². The molecule has 0 spiro atoms. The molecule has 2 aromatic carbocycles. The third-order valence-electron chi connectivity index (χ3n) is 2.70. The standard InChI is InChI=1S/C15H12ClF3N2O2S/c1-20-14(22)21-9-2-7-13(12(16)8-9)23-10-3-5-11(6-4-10)24-15(17,18)19/h2-8H,1H3,(H2,20,21,22). The summed E-state index contributed by atoms with van der Waals surface area (Å²) in [5, 5.41) is 5.20.